The zero-order chi connectivity index (χ0) is 92.5. The summed E-state index contributed by atoms with van der Waals surface area (Å²) in [6.45, 7) is 13.7. The molecule has 0 N–H and O–H groups in total. The van der Waals surface area contributed by atoms with Gasteiger partial charge in [-0.25, -0.2) is 29.9 Å². The van der Waals surface area contributed by atoms with E-state index in [1.165, 1.54) is 61.2 Å². The number of aromatic nitrogens is 7. The summed E-state index contributed by atoms with van der Waals surface area (Å²) < 4.78 is 19.1. The van der Waals surface area contributed by atoms with Crippen molar-refractivity contribution in [2.45, 2.75) is 57.8 Å². The molecule has 0 spiro atoms. The van der Waals surface area contributed by atoms with Crippen LogP contribution in [-0.2, 0) is 16.2 Å². The second-order valence-corrected chi connectivity index (χ2v) is 37.6. The molecule has 0 aliphatic heterocycles. The van der Waals surface area contributed by atoms with Crippen LogP contribution >= 0.6 is 0 Å². The number of benzene rings is 17. The summed E-state index contributed by atoms with van der Waals surface area (Å²) in [4.78, 5) is 36.2. The molecule has 0 saturated heterocycles. The lowest BCUT2D eigenvalue weighted by molar-refractivity contribution is 0.657. The number of pyridine rings is 1. The minimum absolute atomic E-state index is 0.241. The lowest BCUT2D eigenvalue weighted by atomic mass is 9.80. The van der Waals surface area contributed by atoms with Crippen LogP contribution < -0.4 is 0 Å². The minimum Gasteiger partial charge on any atom is -0.455 e. The van der Waals surface area contributed by atoms with Crippen molar-refractivity contribution in [2.24, 2.45) is 0 Å². The van der Waals surface area contributed by atoms with Crippen molar-refractivity contribution in [3.8, 4) is 169 Å². The van der Waals surface area contributed by atoms with E-state index in [4.69, 9.17) is 43.2 Å². The molecule has 24 aromatic rings. The summed E-state index contributed by atoms with van der Waals surface area (Å²) in [5, 5.41) is 6.80. The van der Waals surface area contributed by atoms with Crippen LogP contribution in [0.1, 0.15) is 74.9 Å². The van der Waals surface area contributed by atoms with Crippen LogP contribution in [0.15, 0.2) is 444 Å². The molecule has 3 aliphatic rings. The molecule has 7 aromatic heterocycles. The van der Waals surface area contributed by atoms with Crippen molar-refractivity contribution in [3.05, 3.63) is 464 Å². The van der Waals surface area contributed by atoms with E-state index in [0.717, 1.165) is 201 Å². The van der Waals surface area contributed by atoms with Gasteiger partial charge in [-0.05, 0) is 92.0 Å². The first kappa shape index (κ1) is 82.4. The van der Waals surface area contributed by atoms with E-state index >= 15 is 0 Å². The topological polar surface area (TPSA) is 130 Å². The Hall–Kier alpha value is -17.5. The molecule has 0 bridgehead atoms. The van der Waals surface area contributed by atoms with Gasteiger partial charge in [0.2, 0.25) is 0 Å². The van der Waals surface area contributed by atoms with Crippen LogP contribution in [0.2, 0.25) is 0 Å². The molecule has 0 amide bonds. The van der Waals surface area contributed by atoms with E-state index in [2.05, 4.69) is 404 Å². The minimum atomic E-state index is -0.249. The molecule has 0 radical (unpaired) electrons. The maximum Gasteiger partial charge on any atom is 0.160 e. The van der Waals surface area contributed by atoms with Crippen LogP contribution in [0, 0.1) is 0 Å². The number of fused-ring (bicyclic) bond motifs is 18. The molecule has 0 saturated carbocycles. The molecule has 27 rings (SSSR count). The number of rotatable bonds is 12. The fourth-order valence-electron chi connectivity index (χ4n) is 21.4. The summed E-state index contributed by atoms with van der Waals surface area (Å²) in [6.07, 6.45) is 1.82. The Morgan fingerprint density at radius 2 is 0.442 bits per heavy atom. The second-order valence-electron chi connectivity index (χ2n) is 37.6. The van der Waals surface area contributed by atoms with E-state index in [1.807, 2.05) is 72.9 Å². The molecule has 3 aliphatic carbocycles. The lowest BCUT2D eigenvalue weighted by Crippen LogP contribution is -2.17. The predicted molar refractivity (Wildman–Crippen MR) is 564 cm³/mol. The zero-order valence-corrected chi connectivity index (χ0v) is 76.8. The van der Waals surface area contributed by atoms with Gasteiger partial charge in [-0.1, -0.05) is 430 Å². The molecule has 654 valence electrons. The van der Waals surface area contributed by atoms with Gasteiger partial charge in [0.1, 0.15) is 33.5 Å². The molecule has 0 fully saturated rings. The Morgan fingerprint density at radius 3 is 0.819 bits per heavy atom. The maximum atomic E-state index is 6.36. The highest BCUT2D eigenvalue weighted by atomic mass is 16.3. The van der Waals surface area contributed by atoms with Crippen molar-refractivity contribution in [3.63, 3.8) is 0 Å². The molecule has 10 nitrogen and oxygen atoms in total. The number of para-hydroxylation sites is 6. The molecule has 17 aromatic carbocycles. The monoisotopic (exact) mass is 1770 g/mol. The fraction of sp³-hybridized carbons (Fsp3) is 0.0703. The predicted octanol–water partition coefficient (Wildman–Crippen LogP) is 33.4. The first-order valence-electron chi connectivity index (χ1n) is 47.1. The van der Waals surface area contributed by atoms with Gasteiger partial charge in [0.25, 0.3) is 0 Å². The normalized spacial score (nSPS) is 13.2. The summed E-state index contributed by atoms with van der Waals surface area (Å²) in [6, 6.07) is 148. The number of hydrogen-bond donors (Lipinski definition) is 0. The molecule has 0 atom stereocenters. The van der Waals surface area contributed by atoms with Crippen molar-refractivity contribution in [1.29, 1.82) is 0 Å². The third-order valence-corrected chi connectivity index (χ3v) is 28.4. The lowest BCUT2D eigenvalue weighted by Gasteiger charge is -2.24. The summed E-state index contributed by atoms with van der Waals surface area (Å²) >= 11 is 0. The van der Waals surface area contributed by atoms with Crippen molar-refractivity contribution >= 4 is 65.8 Å². The van der Waals surface area contributed by atoms with E-state index in [1.54, 1.807) is 0 Å². The second kappa shape index (κ2) is 33.0. The van der Waals surface area contributed by atoms with Crippen molar-refractivity contribution < 1.29 is 13.3 Å². The van der Waals surface area contributed by atoms with Gasteiger partial charge < -0.3 is 13.3 Å². The molecular weight excluding hydrogens is 1680 g/mol. The Kier molecular flexibility index (Phi) is 19.7. The van der Waals surface area contributed by atoms with Crippen molar-refractivity contribution in [2.75, 3.05) is 0 Å². The van der Waals surface area contributed by atoms with Gasteiger partial charge in [0.05, 0.1) is 39.9 Å². The summed E-state index contributed by atoms with van der Waals surface area (Å²) in [5.74, 6) is 2.18. The van der Waals surface area contributed by atoms with Crippen LogP contribution in [0.3, 0.4) is 0 Å². The molecular formula is C128H89N7O3. The van der Waals surface area contributed by atoms with Crippen LogP contribution in [0.4, 0.5) is 0 Å². The third kappa shape index (κ3) is 14.0. The Bertz CT molecular complexity index is 8580. The average molecular weight is 1770 g/mol. The molecule has 0 unspecified atom stereocenters. The number of furan rings is 3. The SMILES string of the molecule is CC1(C)c2ccccc2-c2nc(-c3ccc(-c4ccccc4)cc3)nc(-c3ccc(-c4cccc5c4oc4ccccc45)cc3)c21.CC1(C)c2ccccc2-c2nc(-c3ccc(-c4ccccn4)cc3)nc(-c3ccc(-c4cccc5c4oc4ccccc45)cc3)c21.CC1(C)c2ccccc2-c2nc(-c3cccc(-c4ccccc4)c3)nc(-c3ccc(-c4cccc5c4oc4ccccc45)cc3)c21. The standard InChI is InChI=1S/2C43H30N2O.C42H29N3O/c1-43(2)36-20-8-6-17-35(36)40-38(43)39(44-42(45-40)31-15-10-14-30(26-31)27-12-4-3-5-13-27)29-24-22-28(23-25-29)32-18-11-19-34-33-16-7-9-21-37(33)46-41(32)34;1-43(2)36-17-8-6-14-35(36)40-38(43)39(44-42(45-40)31-25-19-28(20-26-31)27-11-4-3-5-12-27)30-23-21-29(22-24-30)32-15-10-16-34-33-13-7-9-18-37(33)46-41(32)34;1-42(2)34-14-5-3-11-33(34)39-37(42)38(44-41(45-39)29-23-19-27(20-24-29)35-15-7-8-25-43-35)28-21-17-26(18-22-28)30-12-9-13-32-31-10-4-6-16-36(31)46-40(30)32/h2*3-26H,1-2H3;3-25H,1-2H3. The third-order valence-electron chi connectivity index (χ3n) is 28.4. The van der Waals surface area contributed by atoms with E-state index in [-0.39, 0.29) is 16.2 Å². The van der Waals surface area contributed by atoms with Crippen LogP contribution in [0.5, 0.6) is 0 Å². The highest BCUT2D eigenvalue weighted by Crippen LogP contribution is 2.56. The first-order valence-corrected chi connectivity index (χ1v) is 47.1. The summed E-state index contributed by atoms with van der Waals surface area (Å²) in [5.41, 5.74) is 41.0. The van der Waals surface area contributed by atoms with E-state index in [0.29, 0.717) is 5.82 Å². The Balaban J connectivity index is 0.000000110. The van der Waals surface area contributed by atoms with Crippen LogP contribution in [-0.4, -0.2) is 34.9 Å². The molecule has 10 heteroatoms. The fourth-order valence-corrected chi connectivity index (χ4v) is 21.4. The van der Waals surface area contributed by atoms with Gasteiger partial charge in [0.15, 0.2) is 17.5 Å². The van der Waals surface area contributed by atoms with Crippen LogP contribution in [0.25, 0.3) is 234 Å². The first-order chi connectivity index (χ1) is 67.7. The smallest absolute Gasteiger partial charge is 0.160 e. The molecule has 138 heavy (non-hydrogen) atoms. The van der Waals surface area contributed by atoms with E-state index < -0.39 is 0 Å². The largest absolute Gasteiger partial charge is 0.455 e. The van der Waals surface area contributed by atoms with Gasteiger partial charge in [0, 0.05) is 144 Å². The van der Waals surface area contributed by atoms with Gasteiger partial charge in [-0.3, -0.25) is 4.98 Å². The summed E-state index contributed by atoms with van der Waals surface area (Å²) in [7, 11) is 0. The highest BCUT2D eigenvalue weighted by Gasteiger charge is 2.44. The van der Waals surface area contributed by atoms with Gasteiger partial charge in [-0.2, -0.15) is 0 Å². The Labute approximate surface area is 799 Å². The Morgan fingerprint density at radius 1 is 0.181 bits per heavy atom. The quantitative estimate of drug-likeness (QED) is 0.117. The maximum absolute atomic E-state index is 6.36. The highest BCUT2D eigenvalue weighted by molar-refractivity contribution is 6.12. The zero-order valence-electron chi connectivity index (χ0n) is 76.8. The number of nitrogens with zero attached hydrogens (tertiary/aromatic N) is 7. The number of hydrogen-bond acceptors (Lipinski definition) is 10. The average Bonchev–Trinajstić information content (AvgIpc) is 1.57. The van der Waals surface area contributed by atoms with Crippen molar-refractivity contribution in [1.82, 2.24) is 34.9 Å². The van der Waals surface area contributed by atoms with Gasteiger partial charge in [-0.15, -0.1) is 0 Å². The van der Waals surface area contributed by atoms with Gasteiger partial charge >= 0.3 is 0 Å². The van der Waals surface area contributed by atoms with E-state index in [9.17, 15) is 0 Å². The molecule has 7 heterocycles.